The zero-order chi connectivity index (χ0) is 17.2. The van der Waals surface area contributed by atoms with Gasteiger partial charge in [-0.25, -0.2) is 9.37 Å². The van der Waals surface area contributed by atoms with Crippen molar-refractivity contribution in [3.63, 3.8) is 0 Å². The van der Waals surface area contributed by atoms with Crippen molar-refractivity contribution in [1.29, 1.82) is 0 Å². The smallest absolute Gasteiger partial charge is 0.157 e. The number of benzene rings is 1. The van der Waals surface area contributed by atoms with E-state index >= 15 is 0 Å². The van der Waals surface area contributed by atoms with Crippen molar-refractivity contribution >= 4 is 11.5 Å². The third-order valence-electron chi connectivity index (χ3n) is 4.10. The first-order valence-corrected chi connectivity index (χ1v) is 7.95. The van der Waals surface area contributed by atoms with Gasteiger partial charge in [0, 0.05) is 36.6 Å². The van der Waals surface area contributed by atoms with Crippen LogP contribution in [0.15, 0.2) is 61.1 Å². The summed E-state index contributed by atoms with van der Waals surface area (Å²) in [6.07, 6.45) is 5.33. The maximum atomic E-state index is 13.2. The zero-order valence-corrected chi connectivity index (χ0v) is 13.6. The fraction of sp³-hybridized carbons (Fsp3) is 0.105. The molecule has 0 unspecified atom stereocenters. The summed E-state index contributed by atoms with van der Waals surface area (Å²) in [7, 11) is 0. The Balaban J connectivity index is 1.71. The van der Waals surface area contributed by atoms with Gasteiger partial charge in [-0.05, 0) is 48.4 Å². The summed E-state index contributed by atoms with van der Waals surface area (Å²) in [4.78, 5) is 8.71. The first kappa shape index (κ1) is 15.3. The minimum absolute atomic E-state index is 0.263. The third kappa shape index (κ3) is 3.06. The summed E-state index contributed by atoms with van der Waals surface area (Å²) < 4.78 is 14.9. The van der Waals surface area contributed by atoms with Gasteiger partial charge in [0.1, 0.15) is 11.6 Å². The van der Waals surface area contributed by atoms with E-state index in [-0.39, 0.29) is 5.82 Å². The van der Waals surface area contributed by atoms with Crippen molar-refractivity contribution in [1.82, 2.24) is 19.6 Å². The second kappa shape index (κ2) is 6.32. The minimum atomic E-state index is -0.263. The number of hydrogen-bond donors (Lipinski definition) is 1. The molecule has 0 saturated heterocycles. The molecule has 0 bridgehead atoms. The van der Waals surface area contributed by atoms with Gasteiger partial charge in [0.2, 0.25) is 0 Å². The van der Waals surface area contributed by atoms with Gasteiger partial charge in [-0.2, -0.15) is 9.61 Å². The Bertz CT molecular complexity index is 1020. The van der Waals surface area contributed by atoms with Crippen LogP contribution in [-0.4, -0.2) is 19.6 Å². The van der Waals surface area contributed by atoms with Crippen LogP contribution >= 0.6 is 0 Å². The zero-order valence-electron chi connectivity index (χ0n) is 13.6. The molecule has 0 amide bonds. The topological polar surface area (TPSA) is 55.1 Å². The molecule has 25 heavy (non-hydrogen) atoms. The molecule has 5 nitrogen and oxygen atoms in total. The van der Waals surface area contributed by atoms with E-state index in [9.17, 15) is 4.39 Å². The molecule has 6 heteroatoms. The second-order valence-corrected chi connectivity index (χ2v) is 5.79. The molecule has 4 aromatic rings. The van der Waals surface area contributed by atoms with Gasteiger partial charge in [-0.15, -0.1) is 0 Å². The Morgan fingerprint density at radius 1 is 1.08 bits per heavy atom. The van der Waals surface area contributed by atoms with Gasteiger partial charge in [-0.1, -0.05) is 0 Å². The standard InChI is InChI=1S/C19H16FN5/c1-13-11-21-8-6-15(13)12-22-19-10-17(14-2-4-16(20)5-3-14)24-18-7-9-23-25(18)19/h2-11,22H,12H2,1H3. The van der Waals surface area contributed by atoms with Crippen LogP contribution in [0.2, 0.25) is 0 Å². The van der Waals surface area contributed by atoms with Gasteiger partial charge < -0.3 is 5.32 Å². The maximum Gasteiger partial charge on any atom is 0.157 e. The second-order valence-electron chi connectivity index (χ2n) is 5.79. The first-order chi connectivity index (χ1) is 12.2. The monoisotopic (exact) mass is 333 g/mol. The maximum absolute atomic E-state index is 13.2. The van der Waals surface area contributed by atoms with Crippen LogP contribution < -0.4 is 5.32 Å². The largest absolute Gasteiger partial charge is 0.366 e. The van der Waals surface area contributed by atoms with Crippen molar-refractivity contribution in [2.75, 3.05) is 5.32 Å². The molecule has 0 spiro atoms. The summed E-state index contributed by atoms with van der Waals surface area (Å²) in [6.45, 7) is 2.68. The predicted molar refractivity (Wildman–Crippen MR) is 94.7 cm³/mol. The fourth-order valence-corrected chi connectivity index (χ4v) is 2.69. The number of halogens is 1. The molecule has 3 aromatic heterocycles. The van der Waals surface area contributed by atoms with Crippen LogP contribution in [0.4, 0.5) is 10.2 Å². The minimum Gasteiger partial charge on any atom is -0.366 e. The average Bonchev–Trinajstić information content (AvgIpc) is 3.10. The molecular formula is C19H16FN5. The Kier molecular flexibility index (Phi) is 3.85. The lowest BCUT2D eigenvalue weighted by atomic mass is 10.1. The predicted octanol–water partition coefficient (Wildman–Crippen LogP) is 3.85. The lowest BCUT2D eigenvalue weighted by molar-refractivity contribution is 0.628. The summed E-state index contributed by atoms with van der Waals surface area (Å²) >= 11 is 0. The van der Waals surface area contributed by atoms with E-state index in [2.05, 4.69) is 20.4 Å². The van der Waals surface area contributed by atoms with E-state index in [4.69, 9.17) is 0 Å². The third-order valence-corrected chi connectivity index (χ3v) is 4.10. The van der Waals surface area contributed by atoms with E-state index in [0.717, 1.165) is 33.8 Å². The summed E-state index contributed by atoms with van der Waals surface area (Å²) in [6, 6.07) is 12.1. The van der Waals surface area contributed by atoms with Gasteiger partial charge in [-0.3, -0.25) is 4.98 Å². The van der Waals surface area contributed by atoms with E-state index in [1.165, 1.54) is 12.1 Å². The van der Waals surface area contributed by atoms with E-state index in [0.29, 0.717) is 6.54 Å². The van der Waals surface area contributed by atoms with Crippen LogP contribution in [0, 0.1) is 12.7 Å². The highest BCUT2D eigenvalue weighted by molar-refractivity contribution is 5.66. The number of nitrogens with one attached hydrogen (secondary N) is 1. The SMILES string of the molecule is Cc1cnccc1CNc1cc(-c2ccc(F)cc2)nc2ccnn12. The van der Waals surface area contributed by atoms with Crippen molar-refractivity contribution in [3.8, 4) is 11.3 Å². The highest BCUT2D eigenvalue weighted by Gasteiger charge is 2.09. The van der Waals surface area contributed by atoms with Gasteiger partial charge in [0.15, 0.2) is 5.65 Å². The molecule has 3 heterocycles. The number of aromatic nitrogens is 4. The molecule has 1 N–H and O–H groups in total. The molecule has 124 valence electrons. The molecule has 0 aliphatic rings. The van der Waals surface area contributed by atoms with Crippen LogP contribution in [0.5, 0.6) is 0 Å². The van der Waals surface area contributed by atoms with Crippen LogP contribution in [-0.2, 0) is 6.54 Å². The number of rotatable bonds is 4. The fourth-order valence-electron chi connectivity index (χ4n) is 2.69. The molecule has 0 atom stereocenters. The molecule has 0 aliphatic heterocycles. The van der Waals surface area contributed by atoms with Crippen molar-refractivity contribution in [3.05, 3.63) is 78.0 Å². The highest BCUT2D eigenvalue weighted by Crippen LogP contribution is 2.23. The summed E-state index contributed by atoms with van der Waals surface area (Å²) in [5.41, 5.74) is 4.64. The number of anilines is 1. The quantitative estimate of drug-likeness (QED) is 0.616. The van der Waals surface area contributed by atoms with Gasteiger partial charge in [0.25, 0.3) is 0 Å². The number of fused-ring (bicyclic) bond motifs is 1. The highest BCUT2D eigenvalue weighted by atomic mass is 19.1. The molecular weight excluding hydrogens is 317 g/mol. The van der Waals surface area contributed by atoms with Crippen molar-refractivity contribution in [2.24, 2.45) is 0 Å². The number of hydrogen-bond acceptors (Lipinski definition) is 4. The molecule has 0 aliphatic carbocycles. The average molecular weight is 333 g/mol. The Morgan fingerprint density at radius 3 is 2.72 bits per heavy atom. The molecule has 0 saturated carbocycles. The normalized spacial score (nSPS) is 11.0. The van der Waals surface area contributed by atoms with Gasteiger partial charge >= 0.3 is 0 Å². The van der Waals surface area contributed by atoms with Crippen molar-refractivity contribution in [2.45, 2.75) is 13.5 Å². The Labute approximate surface area is 144 Å². The van der Waals surface area contributed by atoms with E-state index < -0.39 is 0 Å². The van der Waals surface area contributed by atoms with Crippen LogP contribution in [0.3, 0.4) is 0 Å². The molecule has 0 fully saturated rings. The Hall–Kier alpha value is -3.28. The first-order valence-electron chi connectivity index (χ1n) is 7.95. The lowest BCUT2D eigenvalue weighted by Gasteiger charge is -2.12. The summed E-state index contributed by atoms with van der Waals surface area (Å²) in [5, 5.41) is 7.73. The lowest BCUT2D eigenvalue weighted by Crippen LogP contribution is -2.07. The van der Waals surface area contributed by atoms with Gasteiger partial charge in [0.05, 0.1) is 11.9 Å². The number of aryl methyl sites for hydroxylation is 1. The molecule has 1 aromatic carbocycles. The van der Waals surface area contributed by atoms with Crippen molar-refractivity contribution < 1.29 is 4.39 Å². The number of pyridine rings is 1. The van der Waals surface area contributed by atoms with E-state index in [1.807, 2.05) is 31.3 Å². The molecule has 4 rings (SSSR count). The Morgan fingerprint density at radius 2 is 1.92 bits per heavy atom. The summed E-state index contributed by atoms with van der Waals surface area (Å²) in [5.74, 6) is 0.561. The van der Waals surface area contributed by atoms with E-state index in [1.54, 1.807) is 29.0 Å². The van der Waals surface area contributed by atoms with Crippen LogP contribution in [0.1, 0.15) is 11.1 Å². The van der Waals surface area contributed by atoms with Crippen LogP contribution in [0.25, 0.3) is 16.9 Å². The number of nitrogens with zero attached hydrogens (tertiary/aromatic N) is 4. The molecule has 0 radical (unpaired) electrons.